The van der Waals surface area contributed by atoms with Gasteiger partial charge in [0.1, 0.15) is 17.8 Å². The number of nitrogens with zero attached hydrogens (tertiary/aromatic N) is 6. The van der Waals surface area contributed by atoms with Gasteiger partial charge in [0.05, 0.1) is 11.4 Å². The lowest BCUT2D eigenvalue weighted by molar-refractivity contribution is -0.117. The minimum atomic E-state index is -0.137. The molecular weight excluding hydrogens is 560 g/mol. The number of nitrogens with one attached hydrogen (secondary N) is 1. The third-order valence-electron chi connectivity index (χ3n) is 7.79. The van der Waals surface area contributed by atoms with Gasteiger partial charge in [0.15, 0.2) is 5.65 Å². The van der Waals surface area contributed by atoms with Crippen molar-refractivity contribution in [1.82, 2.24) is 34.9 Å². The van der Waals surface area contributed by atoms with Gasteiger partial charge in [0.25, 0.3) is 0 Å². The van der Waals surface area contributed by atoms with Crippen LogP contribution in [-0.2, 0) is 17.6 Å². The zero-order valence-corrected chi connectivity index (χ0v) is 25.3. The zero-order valence-electron chi connectivity index (χ0n) is 24.5. The number of carbonyl (C=O) groups is 1. The number of rotatable bonds is 11. The fourth-order valence-corrected chi connectivity index (χ4v) is 5.86. The predicted octanol–water partition coefficient (Wildman–Crippen LogP) is 4.94. The van der Waals surface area contributed by atoms with Gasteiger partial charge in [-0.2, -0.15) is 5.10 Å². The van der Waals surface area contributed by atoms with Crippen LogP contribution in [0.5, 0.6) is 0 Å². The van der Waals surface area contributed by atoms with Gasteiger partial charge in [-0.05, 0) is 69.3 Å². The minimum absolute atomic E-state index is 0.0439. The van der Waals surface area contributed by atoms with E-state index in [0.29, 0.717) is 59.2 Å². The Morgan fingerprint density at radius 1 is 1.26 bits per heavy atom. The lowest BCUT2D eigenvalue weighted by Crippen LogP contribution is -2.40. The molecule has 1 saturated heterocycles. The summed E-state index contributed by atoms with van der Waals surface area (Å²) in [5, 5.41) is 9.33. The maximum atomic E-state index is 12.5. The number of amides is 1. The molecule has 1 aromatic carbocycles. The molecule has 0 aliphatic carbocycles. The van der Waals surface area contributed by atoms with E-state index in [4.69, 9.17) is 28.9 Å². The summed E-state index contributed by atoms with van der Waals surface area (Å²) in [6, 6.07) is 12.1. The van der Waals surface area contributed by atoms with Crippen molar-refractivity contribution in [3.63, 3.8) is 0 Å². The number of hydrogen-bond donors (Lipinski definition) is 2. The summed E-state index contributed by atoms with van der Waals surface area (Å²) < 4.78 is 1.96. The predicted molar refractivity (Wildman–Crippen MR) is 171 cm³/mol. The van der Waals surface area contributed by atoms with E-state index in [1.54, 1.807) is 0 Å². The molecule has 1 unspecified atom stereocenters. The van der Waals surface area contributed by atoms with E-state index in [0.717, 1.165) is 61.2 Å². The Morgan fingerprint density at radius 3 is 2.91 bits per heavy atom. The smallest absolute Gasteiger partial charge is 0.247 e. The second kappa shape index (κ2) is 13.8. The highest BCUT2D eigenvalue weighted by molar-refractivity contribution is 6.31. The molecule has 4 heterocycles. The molecule has 0 radical (unpaired) electrons. The largest absolute Gasteiger partial charge is 0.383 e. The zero-order chi connectivity index (χ0) is 30.3. The van der Waals surface area contributed by atoms with Gasteiger partial charge in [0.2, 0.25) is 5.91 Å². The molecule has 3 aromatic heterocycles. The Morgan fingerprint density at radius 2 is 2.12 bits per heavy atom. The molecule has 1 fully saturated rings. The number of hydrogen-bond acceptors (Lipinski definition) is 7. The van der Waals surface area contributed by atoms with Crippen LogP contribution in [0.3, 0.4) is 0 Å². The summed E-state index contributed by atoms with van der Waals surface area (Å²) in [4.78, 5) is 28.2. The Kier molecular flexibility index (Phi) is 9.70. The lowest BCUT2D eigenvalue weighted by atomic mass is 10.0. The van der Waals surface area contributed by atoms with Gasteiger partial charge < -0.3 is 11.1 Å². The number of piperidine rings is 1. The molecule has 5 rings (SSSR count). The fourth-order valence-electron chi connectivity index (χ4n) is 5.58. The summed E-state index contributed by atoms with van der Waals surface area (Å²) >= 11 is 6.79. The molecule has 10 heteroatoms. The number of benzene rings is 1. The van der Waals surface area contributed by atoms with Gasteiger partial charge in [-0.25, -0.2) is 14.6 Å². The standard InChI is InChI=1S/C33H37ClN8O/c1-4-5-6-16-36-33(43)22(2)19-41-17-8-11-27(20-41)42-32-29(31(35)37-21-38-32)30(40-42)25-13-12-24(28(34)18-25)14-15-26-10-7-9-23(3)39-26/h1,7,9-10,12-13,18,21,27H,2,5-6,8,11,14-17,19-20H2,3H3,(H,36,43)(H2,35,37,38). The van der Waals surface area contributed by atoms with Gasteiger partial charge in [0, 0.05) is 53.6 Å². The van der Waals surface area contributed by atoms with Crippen molar-refractivity contribution in [1.29, 1.82) is 0 Å². The molecule has 1 aliphatic heterocycles. The fraction of sp³-hybridized carbons (Fsp3) is 0.364. The van der Waals surface area contributed by atoms with Crippen LogP contribution in [-0.4, -0.2) is 61.7 Å². The normalized spacial score (nSPS) is 15.3. The topological polar surface area (TPSA) is 115 Å². The van der Waals surface area contributed by atoms with Crippen molar-refractivity contribution >= 4 is 34.4 Å². The molecule has 1 aliphatic rings. The van der Waals surface area contributed by atoms with Crippen LogP contribution in [0, 0.1) is 19.3 Å². The van der Waals surface area contributed by atoms with Crippen molar-refractivity contribution < 1.29 is 4.79 Å². The molecular formula is C33H37ClN8O. The van der Waals surface area contributed by atoms with Gasteiger partial charge in [-0.3, -0.25) is 14.7 Å². The molecule has 4 aromatic rings. The number of terminal acetylenes is 1. The van der Waals surface area contributed by atoms with Crippen LogP contribution in [0.1, 0.15) is 48.7 Å². The van der Waals surface area contributed by atoms with E-state index < -0.39 is 0 Å². The Bertz CT molecular complexity index is 1670. The average molecular weight is 597 g/mol. The first-order valence-electron chi connectivity index (χ1n) is 14.7. The first-order valence-corrected chi connectivity index (χ1v) is 15.0. The van der Waals surface area contributed by atoms with E-state index >= 15 is 0 Å². The molecule has 1 atom stereocenters. The van der Waals surface area contributed by atoms with Crippen LogP contribution in [0.15, 0.2) is 54.9 Å². The number of likely N-dealkylation sites (tertiary alicyclic amines) is 1. The van der Waals surface area contributed by atoms with Crippen LogP contribution in [0.25, 0.3) is 22.3 Å². The number of nitrogens with two attached hydrogens (primary N) is 1. The summed E-state index contributed by atoms with van der Waals surface area (Å²) in [5.74, 6) is 2.82. The maximum absolute atomic E-state index is 12.5. The molecule has 3 N–H and O–H groups in total. The van der Waals surface area contributed by atoms with E-state index in [-0.39, 0.29) is 11.9 Å². The highest BCUT2D eigenvalue weighted by atomic mass is 35.5. The van der Waals surface area contributed by atoms with Crippen molar-refractivity contribution in [2.75, 3.05) is 31.9 Å². The number of nitrogen functional groups attached to an aromatic ring is 1. The van der Waals surface area contributed by atoms with E-state index in [9.17, 15) is 4.79 Å². The van der Waals surface area contributed by atoms with Gasteiger partial charge >= 0.3 is 0 Å². The first-order chi connectivity index (χ1) is 20.8. The molecule has 222 valence electrons. The number of aryl methyl sites for hydroxylation is 3. The van der Waals surface area contributed by atoms with E-state index in [1.165, 1.54) is 6.33 Å². The number of halogens is 1. The second-order valence-electron chi connectivity index (χ2n) is 11.0. The van der Waals surface area contributed by atoms with Crippen LogP contribution in [0.4, 0.5) is 5.82 Å². The highest BCUT2D eigenvalue weighted by Crippen LogP contribution is 2.35. The Balaban J connectivity index is 1.34. The van der Waals surface area contributed by atoms with Crippen LogP contribution < -0.4 is 11.1 Å². The van der Waals surface area contributed by atoms with Crippen molar-refractivity contribution in [2.45, 2.75) is 51.5 Å². The number of fused-ring (bicyclic) bond motifs is 1. The molecule has 43 heavy (non-hydrogen) atoms. The summed E-state index contributed by atoms with van der Waals surface area (Å²) in [5.41, 5.74) is 12.3. The minimum Gasteiger partial charge on any atom is -0.383 e. The summed E-state index contributed by atoms with van der Waals surface area (Å²) in [6.45, 7) is 8.63. The van der Waals surface area contributed by atoms with Gasteiger partial charge in [-0.15, -0.1) is 12.3 Å². The number of unbranched alkanes of at least 4 members (excludes halogenated alkanes) is 1. The maximum Gasteiger partial charge on any atom is 0.247 e. The molecule has 9 nitrogen and oxygen atoms in total. The molecule has 0 spiro atoms. The quantitative estimate of drug-likeness (QED) is 0.143. The van der Waals surface area contributed by atoms with E-state index in [1.807, 2.05) is 48.0 Å². The monoisotopic (exact) mass is 596 g/mol. The third kappa shape index (κ3) is 7.22. The van der Waals surface area contributed by atoms with Crippen molar-refractivity contribution in [3.8, 4) is 23.6 Å². The SMILES string of the molecule is C#CCCCNC(=O)C(=C)CN1CCCC(n2nc(-c3ccc(CCc4cccc(C)n4)c(Cl)c3)c3c(N)ncnc32)C1. The van der Waals surface area contributed by atoms with Crippen molar-refractivity contribution in [3.05, 3.63) is 76.9 Å². The second-order valence-corrected chi connectivity index (χ2v) is 11.4. The highest BCUT2D eigenvalue weighted by Gasteiger charge is 2.27. The third-order valence-corrected chi connectivity index (χ3v) is 8.14. The number of anilines is 1. The number of aromatic nitrogens is 5. The average Bonchev–Trinajstić information content (AvgIpc) is 3.40. The van der Waals surface area contributed by atoms with E-state index in [2.05, 4.69) is 37.7 Å². The molecule has 0 saturated carbocycles. The molecule has 1 amide bonds. The van der Waals surface area contributed by atoms with Crippen molar-refractivity contribution in [2.24, 2.45) is 0 Å². The van der Waals surface area contributed by atoms with Crippen LogP contribution >= 0.6 is 11.6 Å². The summed E-state index contributed by atoms with van der Waals surface area (Å²) in [7, 11) is 0. The van der Waals surface area contributed by atoms with Crippen LogP contribution in [0.2, 0.25) is 5.02 Å². The number of pyridine rings is 1. The number of carbonyl (C=O) groups excluding carboxylic acids is 1. The summed E-state index contributed by atoms with van der Waals surface area (Å²) in [6.07, 6.45) is 11.6. The molecule has 0 bridgehead atoms. The first kappa shape index (κ1) is 30.2. The Labute approximate surface area is 257 Å². The lowest BCUT2D eigenvalue weighted by Gasteiger charge is -2.33. The Hall–Kier alpha value is -4.26. The van der Waals surface area contributed by atoms with Gasteiger partial charge in [-0.1, -0.05) is 36.4 Å².